The third-order valence-corrected chi connectivity index (χ3v) is 3.95. The maximum Gasteiger partial charge on any atom is 0.389 e. The topological polar surface area (TPSA) is 60.0 Å². The Balaban J connectivity index is 2.39. The van der Waals surface area contributed by atoms with Crippen molar-refractivity contribution in [2.24, 2.45) is 4.99 Å². The predicted molar refractivity (Wildman–Crippen MR) is 97.2 cm³/mol. The van der Waals surface area contributed by atoms with Crippen LogP contribution in [-0.2, 0) is 4.79 Å². The monoisotopic (exact) mass is 379 g/mol. The molecule has 1 aliphatic rings. The molecular weight excluding hydrogens is 347 g/mol. The van der Waals surface area contributed by atoms with E-state index in [9.17, 15) is 18.0 Å². The fourth-order valence-electron chi connectivity index (χ4n) is 2.74. The van der Waals surface area contributed by atoms with Gasteiger partial charge in [0.2, 0.25) is 5.91 Å². The molecule has 0 aromatic carbocycles. The van der Waals surface area contributed by atoms with Gasteiger partial charge in [-0.2, -0.15) is 13.2 Å². The van der Waals surface area contributed by atoms with Crippen molar-refractivity contribution >= 4 is 11.9 Å². The van der Waals surface area contributed by atoms with Crippen LogP contribution in [0.1, 0.15) is 40.0 Å². The zero-order valence-electron chi connectivity index (χ0n) is 16.0. The van der Waals surface area contributed by atoms with E-state index < -0.39 is 12.6 Å². The maximum atomic E-state index is 12.2. The standard InChI is InChI=1S/C17H32F3N5O/c1-4-21-16(22-8-6-5-7-17(18,19)20)25-11-9-24(10-12-25)13-15(26)23-14(2)3/h14H,4-13H2,1-3H3,(H,21,22)(H,23,26). The Morgan fingerprint density at radius 2 is 1.81 bits per heavy atom. The minimum Gasteiger partial charge on any atom is -0.357 e. The fourth-order valence-corrected chi connectivity index (χ4v) is 2.74. The van der Waals surface area contributed by atoms with Crippen molar-refractivity contribution in [2.75, 3.05) is 45.8 Å². The van der Waals surface area contributed by atoms with Crippen molar-refractivity contribution in [2.45, 2.75) is 52.3 Å². The highest BCUT2D eigenvalue weighted by Crippen LogP contribution is 2.22. The molecule has 1 fully saturated rings. The van der Waals surface area contributed by atoms with Crippen LogP contribution in [0, 0.1) is 0 Å². The van der Waals surface area contributed by atoms with Crippen molar-refractivity contribution in [3.05, 3.63) is 0 Å². The number of alkyl halides is 3. The molecule has 6 nitrogen and oxygen atoms in total. The van der Waals surface area contributed by atoms with E-state index in [0.29, 0.717) is 26.1 Å². The first kappa shape index (κ1) is 22.5. The lowest BCUT2D eigenvalue weighted by Crippen LogP contribution is -2.54. The van der Waals surface area contributed by atoms with Gasteiger partial charge in [0.05, 0.1) is 6.54 Å². The van der Waals surface area contributed by atoms with Crippen LogP contribution >= 0.6 is 0 Å². The molecular formula is C17H32F3N5O. The molecule has 0 saturated carbocycles. The molecule has 0 aromatic rings. The largest absolute Gasteiger partial charge is 0.389 e. The lowest BCUT2D eigenvalue weighted by atomic mass is 10.2. The molecule has 1 rings (SSSR count). The Bertz CT molecular complexity index is 446. The molecule has 9 heteroatoms. The summed E-state index contributed by atoms with van der Waals surface area (Å²) in [5, 5.41) is 6.08. The summed E-state index contributed by atoms with van der Waals surface area (Å²) in [7, 11) is 0. The van der Waals surface area contributed by atoms with Gasteiger partial charge in [0.1, 0.15) is 0 Å². The van der Waals surface area contributed by atoms with E-state index in [1.807, 2.05) is 20.8 Å². The summed E-state index contributed by atoms with van der Waals surface area (Å²) in [5.74, 6) is 0.768. The Morgan fingerprint density at radius 3 is 2.35 bits per heavy atom. The van der Waals surface area contributed by atoms with Crippen LogP contribution in [0.5, 0.6) is 0 Å². The number of nitrogens with zero attached hydrogens (tertiary/aromatic N) is 3. The average Bonchev–Trinajstić information content (AvgIpc) is 2.52. The second kappa shape index (κ2) is 11.3. The molecule has 26 heavy (non-hydrogen) atoms. The van der Waals surface area contributed by atoms with E-state index in [1.54, 1.807) is 0 Å². The first-order valence-electron chi connectivity index (χ1n) is 9.33. The van der Waals surface area contributed by atoms with Gasteiger partial charge in [0, 0.05) is 51.7 Å². The van der Waals surface area contributed by atoms with Crippen molar-refractivity contribution in [1.29, 1.82) is 0 Å². The third-order valence-electron chi connectivity index (χ3n) is 3.95. The number of halogens is 3. The van der Waals surface area contributed by atoms with Crippen molar-refractivity contribution in [3.8, 4) is 0 Å². The summed E-state index contributed by atoms with van der Waals surface area (Å²) >= 11 is 0. The maximum absolute atomic E-state index is 12.2. The summed E-state index contributed by atoms with van der Waals surface area (Å²) in [6, 6.07) is 0.133. The number of hydrogen-bond acceptors (Lipinski definition) is 3. The average molecular weight is 379 g/mol. The first-order valence-corrected chi connectivity index (χ1v) is 9.33. The third kappa shape index (κ3) is 9.84. The summed E-state index contributed by atoms with van der Waals surface area (Å²) in [6.45, 7) is 10.3. The number of guanidine groups is 1. The molecule has 0 spiro atoms. The van der Waals surface area contributed by atoms with Gasteiger partial charge in [-0.25, -0.2) is 0 Å². The molecule has 0 aromatic heterocycles. The number of nitrogens with one attached hydrogen (secondary N) is 2. The SMILES string of the molecule is CCNC(=NCCCCC(F)(F)F)N1CCN(CC(=O)NC(C)C)CC1. The Kier molecular flexibility index (Phi) is 9.75. The van der Waals surface area contributed by atoms with Crippen molar-refractivity contribution < 1.29 is 18.0 Å². The van der Waals surface area contributed by atoms with Crippen LogP contribution in [-0.4, -0.2) is 79.7 Å². The number of aliphatic imine (C=N–C) groups is 1. The number of rotatable bonds is 8. The van der Waals surface area contributed by atoms with Crippen LogP contribution in [0.2, 0.25) is 0 Å². The Labute approximate surface area is 154 Å². The number of carbonyl (C=O) groups is 1. The molecule has 1 saturated heterocycles. The van der Waals surface area contributed by atoms with Crippen molar-refractivity contribution in [3.63, 3.8) is 0 Å². The molecule has 0 atom stereocenters. The molecule has 0 unspecified atom stereocenters. The minimum absolute atomic E-state index is 0.0266. The molecule has 1 amide bonds. The summed E-state index contributed by atoms with van der Waals surface area (Å²) < 4.78 is 36.5. The molecule has 1 heterocycles. The summed E-state index contributed by atoms with van der Waals surface area (Å²) in [5.41, 5.74) is 0. The van der Waals surface area contributed by atoms with E-state index in [1.165, 1.54) is 0 Å². The predicted octanol–water partition coefficient (Wildman–Crippen LogP) is 1.83. The Morgan fingerprint density at radius 1 is 1.15 bits per heavy atom. The number of carbonyl (C=O) groups excluding carboxylic acids is 1. The lowest BCUT2D eigenvalue weighted by molar-refractivity contribution is -0.135. The van der Waals surface area contributed by atoms with Gasteiger partial charge in [-0.3, -0.25) is 14.7 Å². The van der Waals surface area contributed by atoms with Gasteiger partial charge in [-0.15, -0.1) is 0 Å². The molecule has 0 radical (unpaired) electrons. The second-order valence-electron chi connectivity index (χ2n) is 6.79. The highest BCUT2D eigenvalue weighted by molar-refractivity contribution is 5.80. The van der Waals surface area contributed by atoms with Gasteiger partial charge in [0.15, 0.2) is 5.96 Å². The zero-order valence-corrected chi connectivity index (χ0v) is 16.0. The lowest BCUT2D eigenvalue weighted by Gasteiger charge is -2.36. The summed E-state index contributed by atoms with van der Waals surface area (Å²) in [6.07, 6.45) is -4.32. The highest BCUT2D eigenvalue weighted by atomic mass is 19.4. The van der Waals surface area contributed by atoms with Crippen LogP contribution in [0.15, 0.2) is 4.99 Å². The van der Waals surface area contributed by atoms with E-state index in [4.69, 9.17) is 0 Å². The van der Waals surface area contributed by atoms with Crippen LogP contribution in [0.25, 0.3) is 0 Å². The van der Waals surface area contributed by atoms with Gasteiger partial charge in [-0.05, 0) is 33.6 Å². The Hall–Kier alpha value is -1.51. The molecule has 152 valence electrons. The van der Waals surface area contributed by atoms with Gasteiger partial charge in [0.25, 0.3) is 0 Å². The fraction of sp³-hybridized carbons (Fsp3) is 0.882. The first-order chi connectivity index (χ1) is 12.2. The van der Waals surface area contributed by atoms with Crippen LogP contribution in [0.4, 0.5) is 13.2 Å². The second-order valence-corrected chi connectivity index (χ2v) is 6.79. The van der Waals surface area contributed by atoms with Crippen molar-refractivity contribution in [1.82, 2.24) is 20.4 Å². The molecule has 0 bridgehead atoms. The molecule has 0 aliphatic carbocycles. The quantitative estimate of drug-likeness (QED) is 0.384. The van der Waals surface area contributed by atoms with Gasteiger partial charge < -0.3 is 15.5 Å². The van der Waals surface area contributed by atoms with Gasteiger partial charge in [-0.1, -0.05) is 0 Å². The highest BCUT2D eigenvalue weighted by Gasteiger charge is 2.26. The summed E-state index contributed by atoms with van der Waals surface area (Å²) in [4.78, 5) is 20.5. The van der Waals surface area contributed by atoms with E-state index in [-0.39, 0.29) is 18.4 Å². The number of hydrogen-bond donors (Lipinski definition) is 2. The number of piperazine rings is 1. The smallest absolute Gasteiger partial charge is 0.357 e. The number of unbranched alkanes of at least 4 members (excludes halogenated alkanes) is 1. The van der Waals surface area contributed by atoms with E-state index in [2.05, 4.69) is 25.4 Å². The molecule has 2 N–H and O–H groups in total. The molecule has 1 aliphatic heterocycles. The normalized spacial score (nSPS) is 16.9. The zero-order chi connectivity index (χ0) is 19.6. The van der Waals surface area contributed by atoms with E-state index in [0.717, 1.165) is 32.1 Å². The minimum atomic E-state index is -4.09. The van der Waals surface area contributed by atoms with E-state index >= 15 is 0 Å². The van der Waals surface area contributed by atoms with Crippen LogP contribution in [0.3, 0.4) is 0 Å². The van der Waals surface area contributed by atoms with Crippen LogP contribution < -0.4 is 10.6 Å². The van der Waals surface area contributed by atoms with Gasteiger partial charge >= 0.3 is 6.18 Å². The number of amides is 1.